The second kappa shape index (κ2) is 6.48. The lowest BCUT2D eigenvalue weighted by Gasteiger charge is -2.16. The average Bonchev–Trinajstić information content (AvgIpc) is 2.74. The minimum atomic E-state index is 0.138. The Balaban J connectivity index is 2.39. The number of hydrogen-bond donors (Lipinski definition) is 1. The van der Waals surface area contributed by atoms with E-state index in [9.17, 15) is 0 Å². The second-order valence-electron chi connectivity index (χ2n) is 4.65. The molecule has 0 aliphatic rings. The highest BCUT2D eigenvalue weighted by Crippen LogP contribution is 2.30. The third kappa shape index (κ3) is 3.26. The number of nitrogens with one attached hydrogen (secondary N) is 1. The Labute approximate surface area is 128 Å². The Morgan fingerprint density at radius 2 is 2.15 bits per heavy atom. The monoisotopic (exact) mass is 313 g/mol. The molecule has 0 bridgehead atoms. The minimum Gasteiger partial charge on any atom is -0.383 e. The maximum absolute atomic E-state index is 6.27. The van der Waals surface area contributed by atoms with Crippen LogP contribution in [0.5, 0.6) is 0 Å². The van der Waals surface area contributed by atoms with Gasteiger partial charge in [0.25, 0.3) is 0 Å². The molecule has 1 N–H and O–H groups in total. The van der Waals surface area contributed by atoms with Gasteiger partial charge in [0.05, 0.1) is 28.0 Å². The van der Waals surface area contributed by atoms with Crippen molar-refractivity contribution in [3.63, 3.8) is 0 Å². The van der Waals surface area contributed by atoms with Crippen molar-refractivity contribution in [3.8, 4) is 5.69 Å². The fourth-order valence-corrected chi connectivity index (χ4v) is 2.36. The minimum absolute atomic E-state index is 0.138. The van der Waals surface area contributed by atoms with E-state index in [1.807, 2.05) is 36.7 Å². The Morgan fingerprint density at radius 3 is 2.85 bits per heavy atom. The van der Waals surface area contributed by atoms with Gasteiger partial charge in [-0.1, -0.05) is 29.3 Å². The molecule has 0 aliphatic carbocycles. The van der Waals surface area contributed by atoms with Crippen molar-refractivity contribution in [3.05, 3.63) is 40.1 Å². The summed E-state index contributed by atoms with van der Waals surface area (Å²) in [6.07, 6.45) is 1.92. The zero-order chi connectivity index (χ0) is 14.7. The Hall–Kier alpha value is -1.23. The van der Waals surface area contributed by atoms with E-state index < -0.39 is 0 Å². The van der Waals surface area contributed by atoms with Gasteiger partial charge in [-0.2, -0.15) is 0 Å². The summed E-state index contributed by atoms with van der Waals surface area (Å²) in [5, 5.41) is 4.33. The molecule has 0 spiro atoms. The molecule has 6 heteroatoms. The number of aromatic nitrogens is 2. The highest BCUT2D eigenvalue weighted by molar-refractivity contribution is 6.43. The van der Waals surface area contributed by atoms with Gasteiger partial charge < -0.3 is 10.1 Å². The van der Waals surface area contributed by atoms with Gasteiger partial charge in [-0.05, 0) is 26.0 Å². The molecular formula is C14H17Cl2N3O. The lowest BCUT2D eigenvalue weighted by atomic mass is 10.3. The number of hydrogen-bond acceptors (Lipinski definition) is 3. The van der Waals surface area contributed by atoms with Crippen LogP contribution in [-0.2, 0) is 4.74 Å². The molecule has 108 valence electrons. The summed E-state index contributed by atoms with van der Waals surface area (Å²) in [6, 6.07) is 5.67. The smallest absolute Gasteiger partial charge is 0.208 e. The maximum Gasteiger partial charge on any atom is 0.208 e. The highest BCUT2D eigenvalue weighted by atomic mass is 35.5. The van der Waals surface area contributed by atoms with Crippen LogP contribution in [0.15, 0.2) is 24.4 Å². The number of halogens is 2. The number of rotatable bonds is 5. The molecule has 0 aliphatic heterocycles. The van der Waals surface area contributed by atoms with Gasteiger partial charge in [0, 0.05) is 19.3 Å². The zero-order valence-electron chi connectivity index (χ0n) is 11.7. The summed E-state index contributed by atoms with van der Waals surface area (Å²) in [4.78, 5) is 4.47. The van der Waals surface area contributed by atoms with Gasteiger partial charge in [-0.3, -0.25) is 4.57 Å². The molecule has 2 aromatic rings. The molecule has 0 fully saturated rings. The highest BCUT2D eigenvalue weighted by Gasteiger charge is 2.14. The molecule has 0 amide bonds. The molecule has 0 radical (unpaired) electrons. The summed E-state index contributed by atoms with van der Waals surface area (Å²) >= 11 is 12.3. The van der Waals surface area contributed by atoms with Crippen LogP contribution < -0.4 is 5.32 Å². The number of methoxy groups -OCH3 is 1. The molecule has 1 heterocycles. The first-order valence-electron chi connectivity index (χ1n) is 6.28. The normalized spacial score (nSPS) is 12.4. The molecular weight excluding hydrogens is 297 g/mol. The summed E-state index contributed by atoms with van der Waals surface area (Å²) in [5.74, 6) is 0.719. The van der Waals surface area contributed by atoms with Crippen LogP contribution in [0.1, 0.15) is 12.6 Å². The van der Waals surface area contributed by atoms with E-state index in [-0.39, 0.29) is 6.04 Å². The van der Waals surface area contributed by atoms with Crippen molar-refractivity contribution in [1.29, 1.82) is 0 Å². The summed E-state index contributed by atoms with van der Waals surface area (Å²) < 4.78 is 7.02. The fourth-order valence-electron chi connectivity index (χ4n) is 1.97. The molecule has 1 unspecified atom stereocenters. The predicted octanol–water partition coefficient (Wildman–Crippen LogP) is 3.93. The molecule has 1 aromatic carbocycles. The van der Waals surface area contributed by atoms with Crippen LogP contribution in [0, 0.1) is 6.92 Å². The van der Waals surface area contributed by atoms with E-state index in [0.717, 1.165) is 17.3 Å². The number of benzene rings is 1. The van der Waals surface area contributed by atoms with E-state index in [2.05, 4.69) is 10.3 Å². The van der Waals surface area contributed by atoms with Crippen molar-refractivity contribution in [2.24, 2.45) is 0 Å². The predicted molar refractivity (Wildman–Crippen MR) is 83.3 cm³/mol. The molecule has 1 atom stereocenters. The number of imidazole rings is 1. The summed E-state index contributed by atoms with van der Waals surface area (Å²) in [7, 11) is 1.67. The van der Waals surface area contributed by atoms with Crippen LogP contribution in [0.4, 0.5) is 5.95 Å². The van der Waals surface area contributed by atoms with Crippen molar-refractivity contribution in [1.82, 2.24) is 9.55 Å². The number of anilines is 1. The van der Waals surface area contributed by atoms with Crippen LogP contribution >= 0.6 is 23.2 Å². The summed E-state index contributed by atoms with van der Waals surface area (Å²) in [5.41, 5.74) is 1.69. The largest absolute Gasteiger partial charge is 0.383 e. The van der Waals surface area contributed by atoms with Gasteiger partial charge in [0.15, 0.2) is 0 Å². The van der Waals surface area contributed by atoms with E-state index in [1.165, 1.54) is 0 Å². The zero-order valence-corrected chi connectivity index (χ0v) is 13.2. The Bertz CT molecular complexity index is 598. The van der Waals surface area contributed by atoms with E-state index in [1.54, 1.807) is 13.2 Å². The molecule has 2 rings (SSSR count). The molecule has 0 saturated heterocycles. The molecule has 1 aromatic heterocycles. The standard InChI is InChI=1S/C14H17Cl2N3O/c1-9-7-19(12-6-4-5-11(15)13(12)16)14(17-9)18-10(2)8-20-3/h4-7,10H,8H2,1-3H3,(H,17,18). The second-order valence-corrected chi connectivity index (χ2v) is 5.43. The van der Waals surface area contributed by atoms with Gasteiger partial charge in [-0.15, -0.1) is 0 Å². The SMILES string of the molecule is COCC(C)Nc1nc(C)cn1-c1cccc(Cl)c1Cl. The quantitative estimate of drug-likeness (QED) is 0.909. The first-order chi connectivity index (χ1) is 9.52. The third-order valence-corrected chi connectivity index (χ3v) is 3.62. The van der Waals surface area contributed by atoms with Crippen molar-refractivity contribution in [2.45, 2.75) is 19.9 Å². The van der Waals surface area contributed by atoms with E-state index in [4.69, 9.17) is 27.9 Å². The number of aryl methyl sites for hydroxylation is 1. The topological polar surface area (TPSA) is 39.1 Å². The average molecular weight is 314 g/mol. The lowest BCUT2D eigenvalue weighted by Crippen LogP contribution is -2.22. The van der Waals surface area contributed by atoms with Crippen LogP contribution in [0.2, 0.25) is 10.0 Å². The van der Waals surface area contributed by atoms with Gasteiger partial charge in [0.2, 0.25) is 5.95 Å². The number of ether oxygens (including phenoxy) is 1. The Morgan fingerprint density at radius 1 is 1.40 bits per heavy atom. The van der Waals surface area contributed by atoms with Gasteiger partial charge in [-0.25, -0.2) is 4.98 Å². The first kappa shape index (κ1) is 15.2. The summed E-state index contributed by atoms with van der Waals surface area (Å²) in [6.45, 7) is 4.55. The molecule has 0 saturated carbocycles. The molecule has 4 nitrogen and oxygen atoms in total. The molecule has 20 heavy (non-hydrogen) atoms. The van der Waals surface area contributed by atoms with Crippen molar-refractivity contribution >= 4 is 29.2 Å². The Kier molecular flexibility index (Phi) is 4.91. The lowest BCUT2D eigenvalue weighted by molar-refractivity contribution is 0.190. The fraction of sp³-hybridized carbons (Fsp3) is 0.357. The van der Waals surface area contributed by atoms with Crippen LogP contribution in [0.3, 0.4) is 0 Å². The van der Waals surface area contributed by atoms with Crippen LogP contribution in [-0.4, -0.2) is 29.3 Å². The van der Waals surface area contributed by atoms with E-state index >= 15 is 0 Å². The third-order valence-electron chi connectivity index (χ3n) is 2.81. The number of nitrogens with zero attached hydrogens (tertiary/aromatic N) is 2. The first-order valence-corrected chi connectivity index (χ1v) is 7.04. The van der Waals surface area contributed by atoms with Gasteiger partial charge in [0.1, 0.15) is 0 Å². The van der Waals surface area contributed by atoms with E-state index in [0.29, 0.717) is 16.7 Å². The maximum atomic E-state index is 6.27. The van der Waals surface area contributed by atoms with Gasteiger partial charge >= 0.3 is 0 Å². The van der Waals surface area contributed by atoms with Crippen LogP contribution in [0.25, 0.3) is 5.69 Å². The van der Waals surface area contributed by atoms with Crippen molar-refractivity contribution < 1.29 is 4.74 Å². The van der Waals surface area contributed by atoms with Crippen molar-refractivity contribution in [2.75, 3.05) is 19.0 Å².